The Morgan fingerprint density at radius 3 is 2.74 bits per heavy atom. The number of quaternary nitrogens is 1. The SMILES string of the molecule is C[NH+](CC(=O)N[C@@]1(C)CCS(=O)(=O)C1)Cc1c(F)cccc1Cl. The lowest BCUT2D eigenvalue weighted by atomic mass is 10.0. The van der Waals surface area contributed by atoms with E-state index in [2.05, 4.69) is 5.32 Å². The second-order valence-corrected chi connectivity index (χ2v) is 9.05. The van der Waals surface area contributed by atoms with Gasteiger partial charge in [0.15, 0.2) is 16.4 Å². The summed E-state index contributed by atoms with van der Waals surface area (Å²) in [5.74, 6) is -0.595. The number of carbonyl (C=O) groups excluding carboxylic acids is 1. The molecule has 1 aromatic rings. The van der Waals surface area contributed by atoms with Gasteiger partial charge in [-0.3, -0.25) is 4.79 Å². The summed E-state index contributed by atoms with van der Waals surface area (Å²) in [6, 6.07) is 4.47. The van der Waals surface area contributed by atoms with Gasteiger partial charge in [0.1, 0.15) is 12.4 Å². The maximum Gasteiger partial charge on any atom is 0.275 e. The third-order valence-corrected chi connectivity index (χ3v) is 6.20. The van der Waals surface area contributed by atoms with E-state index >= 15 is 0 Å². The van der Waals surface area contributed by atoms with Gasteiger partial charge in [-0.25, -0.2) is 12.8 Å². The number of nitrogens with one attached hydrogen (secondary N) is 2. The van der Waals surface area contributed by atoms with Crippen molar-refractivity contribution < 1.29 is 22.5 Å². The van der Waals surface area contributed by atoms with E-state index in [4.69, 9.17) is 11.6 Å². The summed E-state index contributed by atoms with van der Waals surface area (Å²) in [7, 11) is -1.32. The molecule has 128 valence electrons. The molecule has 0 saturated carbocycles. The number of carbonyl (C=O) groups is 1. The highest BCUT2D eigenvalue weighted by Gasteiger charge is 2.39. The summed E-state index contributed by atoms with van der Waals surface area (Å²) in [5.41, 5.74) is -0.347. The summed E-state index contributed by atoms with van der Waals surface area (Å²) in [6.45, 7) is 2.12. The summed E-state index contributed by atoms with van der Waals surface area (Å²) in [4.78, 5) is 12.9. The highest BCUT2D eigenvalue weighted by atomic mass is 35.5. The fourth-order valence-electron chi connectivity index (χ4n) is 2.83. The van der Waals surface area contributed by atoms with Gasteiger partial charge in [-0.1, -0.05) is 17.7 Å². The molecule has 1 heterocycles. The van der Waals surface area contributed by atoms with Crippen LogP contribution in [-0.2, 0) is 21.2 Å². The van der Waals surface area contributed by atoms with E-state index in [1.165, 1.54) is 12.1 Å². The third kappa shape index (κ3) is 4.89. The van der Waals surface area contributed by atoms with Gasteiger partial charge in [0, 0.05) is 0 Å². The maximum absolute atomic E-state index is 13.8. The Labute approximate surface area is 140 Å². The van der Waals surface area contributed by atoms with Gasteiger partial charge in [-0.2, -0.15) is 0 Å². The van der Waals surface area contributed by atoms with Crippen LogP contribution in [0.5, 0.6) is 0 Å². The molecule has 0 aliphatic carbocycles. The fraction of sp³-hybridized carbons (Fsp3) is 0.533. The highest BCUT2D eigenvalue weighted by molar-refractivity contribution is 7.91. The first-order chi connectivity index (χ1) is 10.6. The number of hydrogen-bond acceptors (Lipinski definition) is 3. The Balaban J connectivity index is 1.93. The van der Waals surface area contributed by atoms with E-state index in [0.29, 0.717) is 17.0 Å². The van der Waals surface area contributed by atoms with E-state index in [0.717, 1.165) is 4.90 Å². The van der Waals surface area contributed by atoms with Gasteiger partial charge in [0.2, 0.25) is 0 Å². The summed E-state index contributed by atoms with van der Waals surface area (Å²) < 4.78 is 36.9. The molecule has 0 bridgehead atoms. The number of benzene rings is 1. The number of likely N-dealkylation sites (N-methyl/N-ethyl adjacent to an activating group) is 1. The average molecular weight is 364 g/mol. The van der Waals surface area contributed by atoms with Crippen LogP contribution in [-0.4, -0.2) is 45.0 Å². The van der Waals surface area contributed by atoms with Crippen LogP contribution in [0, 0.1) is 5.82 Å². The van der Waals surface area contributed by atoms with Gasteiger partial charge in [-0.05, 0) is 25.5 Å². The monoisotopic (exact) mass is 363 g/mol. The normalized spacial score (nSPS) is 24.3. The minimum atomic E-state index is -3.08. The minimum absolute atomic E-state index is 0.0378. The van der Waals surface area contributed by atoms with Crippen molar-refractivity contribution in [3.05, 3.63) is 34.6 Å². The van der Waals surface area contributed by atoms with E-state index in [9.17, 15) is 17.6 Å². The van der Waals surface area contributed by atoms with Crippen molar-refractivity contribution in [1.29, 1.82) is 0 Å². The van der Waals surface area contributed by atoms with Gasteiger partial charge in [0.05, 0.1) is 34.7 Å². The Bertz CT molecular complexity index is 690. The summed E-state index contributed by atoms with van der Waals surface area (Å²) >= 11 is 5.98. The number of hydrogen-bond donors (Lipinski definition) is 2. The number of halogens is 2. The molecule has 8 heteroatoms. The van der Waals surface area contributed by atoms with Crippen LogP contribution >= 0.6 is 11.6 Å². The summed E-state index contributed by atoms with van der Waals surface area (Å²) in [6.07, 6.45) is 0.416. The third-order valence-electron chi connectivity index (χ3n) is 3.95. The highest BCUT2D eigenvalue weighted by Crippen LogP contribution is 2.22. The fourth-order valence-corrected chi connectivity index (χ4v) is 5.15. The van der Waals surface area contributed by atoms with Crippen LogP contribution < -0.4 is 10.2 Å². The Hall–Kier alpha value is -1.18. The Kier molecular flexibility index (Phi) is 5.33. The second kappa shape index (κ2) is 6.75. The average Bonchev–Trinajstić information content (AvgIpc) is 2.67. The van der Waals surface area contributed by atoms with Crippen molar-refractivity contribution >= 4 is 27.3 Å². The molecule has 1 saturated heterocycles. The van der Waals surface area contributed by atoms with E-state index in [1.54, 1.807) is 20.0 Å². The first kappa shape index (κ1) is 18.2. The lowest BCUT2D eigenvalue weighted by Gasteiger charge is -2.24. The lowest BCUT2D eigenvalue weighted by molar-refractivity contribution is -0.885. The maximum atomic E-state index is 13.8. The van der Waals surface area contributed by atoms with Crippen molar-refractivity contribution in [3.63, 3.8) is 0 Å². The molecule has 2 N–H and O–H groups in total. The molecule has 0 spiro atoms. The van der Waals surface area contributed by atoms with Crippen molar-refractivity contribution in [2.75, 3.05) is 25.1 Å². The second-order valence-electron chi connectivity index (χ2n) is 6.46. The van der Waals surface area contributed by atoms with Gasteiger partial charge < -0.3 is 10.2 Å². The lowest BCUT2D eigenvalue weighted by Crippen LogP contribution is -3.09. The molecule has 0 aromatic heterocycles. The summed E-state index contributed by atoms with van der Waals surface area (Å²) in [5, 5.41) is 3.12. The molecule has 1 aliphatic heterocycles. The van der Waals surface area contributed by atoms with Gasteiger partial charge in [0.25, 0.3) is 5.91 Å². The number of amides is 1. The molecule has 23 heavy (non-hydrogen) atoms. The molecule has 5 nitrogen and oxygen atoms in total. The molecule has 2 atom stereocenters. The first-order valence-corrected chi connectivity index (χ1v) is 9.56. The molecular weight excluding hydrogens is 343 g/mol. The minimum Gasteiger partial charge on any atom is -0.345 e. The van der Waals surface area contributed by atoms with E-state index in [1.807, 2.05) is 0 Å². The van der Waals surface area contributed by atoms with Crippen LogP contribution in [0.2, 0.25) is 5.02 Å². The quantitative estimate of drug-likeness (QED) is 0.784. The predicted molar refractivity (Wildman–Crippen MR) is 86.7 cm³/mol. The molecule has 1 aliphatic rings. The van der Waals surface area contributed by atoms with Crippen LogP contribution in [0.3, 0.4) is 0 Å². The topological polar surface area (TPSA) is 67.7 Å². The Morgan fingerprint density at radius 2 is 2.17 bits per heavy atom. The first-order valence-electron chi connectivity index (χ1n) is 7.36. The van der Waals surface area contributed by atoms with Crippen molar-refractivity contribution in [2.45, 2.75) is 25.4 Å². The molecule has 1 unspecified atom stereocenters. The van der Waals surface area contributed by atoms with Crippen molar-refractivity contribution in [1.82, 2.24) is 5.32 Å². The smallest absolute Gasteiger partial charge is 0.275 e. The molecule has 1 fully saturated rings. The van der Waals surface area contributed by atoms with E-state index < -0.39 is 21.2 Å². The van der Waals surface area contributed by atoms with Crippen LogP contribution in [0.4, 0.5) is 4.39 Å². The molecule has 1 amide bonds. The molecule has 1 aromatic carbocycles. The predicted octanol–water partition coefficient (Wildman–Crippen LogP) is 0.187. The van der Waals surface area contributed by atoms with Crippen LogP contribution in [0.1, 0.15) is 18.9 Å². The number of sulfone groups is 1. The molecule has 0 radical (unpaired) electrons. The zero-order valence-corrected chi connectivity index (χ0v) is 14.7. The number of rotatable bonds is 5. The zero-order chi connectivity index (χ0) is 17.3. The largest absolute Gasteiger partial charge is 0.345 e. The standard InChI is InChI=1S/C15H20ClFN2O3S/c1-15(6-7-23(21,22)10-15)18-14(20)9-19(2)8-11-12(16)4-3-5-13(11)17/h3-5H,6-10H2,1-2H3,(H,18,20)/p+1/t15-/m0/s1. The van der Waals surface area contributed by atoms with Crippen molar-refractivity contribution in [2.24, 2.45) is 0 Å². The molecule has 2 rings (SSSR count). The van der Waals surface area contributed by atoms with Gasteiger partial charge in [-0.15, -0.1) is 0 Å². The molecular formula is C15H21ClFN2O3S+. The zero-order valence-electron chi connectivity index (χ0n) is 13.2. The van der Waals surface area contributed by atoms with Crippen LogP contribution in [0.25, 0.3) is 0 Å². The van der Waals surface area contributed by atoms with E-state index in [-0.39, 0.29) is 30.5 Å². The Morgan fingerprint density at radius 1 is 1.48 bits per heavy atom. The van der Waals surface area contributed by atoms with Crippen molar-refractivity contribution in [3.8, 4) is 0 Å². The van der Waals surface area contributed by atoms with Gasteiger partial charge >= 0.3 is 0 Å². The van der Waals surface area contributed by atoms with Crippen LogP contribution in [0.15, 0.2) is 18.2 Å².